The molecule has 1 N–H and O–H groups in total. The lowest BCUT2D eigenvalue weighted by atomic mass is 9.89. The van der Waals surface area contributed by atoms with Crippen molar-refractivity contribution in [1.82, 2.24) is 14.5 Å². The van der Waals surface area contributed by atoms with Gasteiger partial charge < -0.3 is 28.8 Å². The molecule has 1 aliphatic rings. The van der Waals surface area contributed by atoms with Gasteiger partial charge in [-0.3, -0.25) is 19.2 Å². The minimum atomic E-state index is -1.60. The predicted octanol–water partition coefficient (Wildman–Crippen LogP) is 3.16. The molecule has 0 radical (unpaired) electrons. The summed E-state index contributed by atoms with van der Waals surface area (Å²) in [6.45, 7) is 4.58. The molecule has 15 heteroatoms. The minimum absolute atomic E-state index is 0.0452. The molecule has 44 heavy (non-hydrogen) atoms. The monoisotopic (exact) mass is 626 g/mol. The average Bonchev–Trinajstić information content (AvgIpc) is 3.29. The van der Waals surface area contributed by atoms with Crippen LogP contribution < -0.4 is 4.74 Å². The van der Waals surface area contributed by atoms with Crippen LogP contribution in [0.15, 0.2) is 53.6 Å². The van der Waals surface area contributed by atoms with E-state index in [1.54, 1.807) is 36.4 Å². The largest absolute Gasteiger partial charge is 0.504 e. The van der Waals surface area contributed by atoms with Crippen LogP contribution in [-0.4, -0.2) is 75.1 Å². The van der Waals surface area contributed by atoms with E-state index >= 15 is 0 Å². The van der Waals surface area contributed by atoms with Crippen LogP contribution in [0, 0.1) is 10.7 Å². The van der Waals surface area contributed by atoms with Crippen molar-refractivity contribution in [3.05, 3.63) is 58.9 Å². The van der Waals surface area contributed by atoms with E-state index in [-0.39, 0.29) is 22.1 Å². The number of hydrogen-bond acceptors (Lipinski definition) is 13. The van der Waals surface area contributed by atoms with Gasteiger partial charge >= 0.3 is 17.9 Å². The Morgan fingerprint density at radius 1 is 0.955 bits per heavy atom. The van der Waals surface area contributed by atoms with Gasteiger partial charge in [-0.25, -0.2) is 4.68 Å². The number of Topliss-reactive ketones (excluding diaryl/α,β-unsaturated/α-hetero) is 1. The zero-order valence-corrected chi connectivity index (χ0v) is 25.2. The Morgan fingerprint density at radius 2 is 1.59 bits per heavy atom. The van der Waals surface area contributed by atoms with E-state index in [9.17, 15) is 24.3 Å². The Morgan fingerprint density at radius 3 is 2.18 bits per heavy atom. The van der Waals surface area contributed by atoms with Crippen LogP contribution in [0.2, 0.25) is 0 Å². The molecule has 2 aromatic carbocycles. The molecule has 5 atom stereocenters. The van der Waals surface area contributed by atoms with E-state index in [4.69, 9.17) is 35.9 Å². The average molecular weight is 627 g/mol. The van der Waals surface area contributed by atoms with Gasteiger partial charge in [0, 0.05) is 26.3 Å². The Hall–Kier alpha value is -4.89. The maximum atomic E-state index is 13.1. The van der Waals surface area contributed by atoms with Crippen LogP contribution in [0.1, 0.15) is 39.5 Å². The van der Waals surface area contributed by atoms with Crippen LogP contribution in [0.25, 0.3) is 11.4 Å². The Kier molecular flexibility index (Phi) is 9.90. The summed E-state index contributed by atoms with van der Waals surface area (Å²) in [6, 6.07) is 13.5. The number of hydrogen-bond donors (Lipinski definition) is 1. The molecule has 0 aliphatic carbocycles. The molecule has 2 heterocycles. The van der Waals surface area contributed by atoms with Crippen molar-refractivity contribution in [2.45, 2.75) is 52.4 Å². The lowest BCUT2D eigenvalue weighted by Gasteiger charge is -2.43. The number of rotatable bonds is 9. The molecule has 1 aliphatic heterocycles. The molecule has 232 valence electrons. The summed E-state index contributed by atoms with van der Waals surface area (Å²) in [7, 11) is 1.41. The van der Waals surface area contributed by atoms with Crippen molar-refractivity contribution in [1.29, 1.82) is 0 Å². The minimum Gasteiger partial charge on any atom is -0.504 e. The second-order valence-corrected chi connectivity index (χ2v) is 10.1. The Bertz CT molecular complexity index is 1650. The van der Waals surface area contributed by atoms with E-state index in [0.717, 1.165) is 20.8 Å². The lowest BCUT2D eigenvalue weighted by molar-refractivity contribution is -0.296. The van der Waals surface area contributed by atoms with Crippen molar-refractivity contribution < 1.29 is 48.0 Å². The first-order valence-corrected chi connectivity index (χ1v) is 13.7. The molecule has 3 aromatic rings. The predicted molar refractivity (Wildman–Crippen MR) is 155 cm³/mol. The number of ether oxygens (including phenoxy) is 5. The summed E-state index contributed by atoms with van der Waals surface area (Å²) in [4.78, 5) is 49.3. The second kappa shape index (κ2) is 13.6. The number of esters is 3. The fourth-order valence-electron chi connectivity index (χ4n) is 4.68. The third kappa shape index (κ3) is 7.01. The molecule has 0 bridgehead atoms. The molecule has 1 aromatic heterocycles. The summed E-state index contributed by atoms with van der Waals surface area (Å²) < 4.78 is 29.8. The van der Waals surface area contributed by atoms with E-state index in [1.807, 2.05) is 6.07 Å². The first-order chi connectivity index (χ1) is 20.9. The fraction of sp³-hybridized carbons (Fsp3) is 0.345. The van der Waals surface area contributed by atoms with Crippen molar-refractivity contribution in [2.24, 2.45) is 11.0 Å². The molecule has 1 saturated heterocycles. The van der Waals surface area contributed by atoms with Gasteiger partial charge in [-0.1, -0.05) is 30.3 Å². The number of benzene rings is 2. The highest BCUT2D eigenvalue weighted by atomic mass is 32.1. The number of carbonyl (C=O) groups excluding carboxylic acids is 4. The highest BCUT2D eigenvalue weighted by molar-refractivity contribution is 7.71. The molecule has 0 amide bonds. The van der Waals surface area contributed by atoms with E-state index in [0.29, 0.717) is 11.1 Å². The lowest BCUT2D eigenvalue weighted by Crippen LogP contribution is -2.58. The number of phenols is 1. The Balaban J connectivity index is 1.90. The van der Waals surface area contributed by atoms with Crippen LogP contribution in [0.5, 0.6) is 11.5 Å². The normalized spacial score (nSPS) is 21.4. The number of carbonyl (C=O) groups is 4. The number of phenolic OH excluding ortho intramolecular Hbond substituents is 1. The van der Waals surface area contributed by atoms with Crippen molar-refractivity contribution >= 4 is 42.1 Å². The zero-order chi connectivity index (χ0) is 32.1. The molecule has 0 spiro atoms. The molecular formula is C29H30N4O10S. The molecule has 1 unspecified atom stereocenters. The molecule has 4 rings (SSSR count). The van der Waals surface area contributed by atoms with Gasteiger partial charge in [-0.05, 0) is 42.9 Å². The zero-order valence-electron chi connectivity index (χ0n) is 24.4. The summed E-state index contributed by atoms with van der Waals surface area (Å²) >= 11 is 5.76. The van der Waals surface area contributed by atoms with E-state index < -0.39 is 54.3 Å². The number of ketones is 1. The van der Waals surface area contributed by atoms with Gasteiger partial charge in [0.25, 0.3) is 0 Å². The fourth-order valence-corrected chi connectivity index (χ4v) is 4.96. The smallest absolute Gasteiger partial charge is 0.305 e. The van der Waals surface area contributed by atoms with Gasteiger partial charge in [-0.15, -0.1) is 5.10 Å². The topological polar surface area (TPSA) is 170 Å². The van der Waals surface area contributed by atoms with Crippen molar-refractivity contribution in [2.75, 3.05) is 7.11 Å². The van der Waals surface area contributed by atoms with Gasteiger partial charge in [0.2, 0.25) is 17.2 Å². The third-order valence-electron chi connectivity index (χ3n) is 6.46. The van der Waals surface area contributed by atoms with E-state index in [1.165, 1.54) is 35.7 Å². The summed E-state index contributed by atoms with van der Waals surface area (Å²) in [6.07, 6.45) is -4.44. The summed E-state index contributed by atoms with van der Waals surface area (Å²) in [5.41, 5.74) is 1.15. The first kappa shape index (κ1) is 32.0. The third-order valence-corrected chi connectivity index (χ3v) is 6.82. The van der Waals surface area contributed by atoms with Gasteiger partial charge in [0.1, 0.15) is 11.7 Å². The molecule has 1 fully saturated rings. The van der Waals surface area contributed by atoms with Crippen molar-refractivity contribution in [3.8, 4) is 22.9 Å². The first-order valence-electron chi connectivity index (χ1n) is 13.3. The SMILES string of the molecule is COc1cc(/C=N/n2c(-c3ccccc3)nn(C3O[C@@H](OC(C)=O)[C@H](OC(C)=O)[C@@H](OC(C)=O)[C@@H]3C(C)=O)c2=S)ccc1O. The Labute approximate surface area is 256 Å². The number of nitrogens with zero attached hydrogens (tertiary/aromatic N) is 4. The van der Waals surface area contributed by atoms with Gasteiger partial charge in [0.15, 0.2) is 29.7 Å². The number of aromatic nitrogens is 3. The standard InChI is InChI=1S/C29H30N4O10S/c1-15(34)23-24(40-16(2)35)25(41-17(3)36)28(42-18(4)37)43-27(23)33-29(44)32(26(31-33)20-9-7-6-8-10-20)30-14-19-11-12-21(38)22(13-19)39-5/h6-14,23-25,27-28,38H,1-5H3/b30-14+/t23-,24-,25+,27?,28+/m0/s1. The van der Waals surface area contributed by atoms with Crippen LogP contribution in [0.4, 0.5) is 0 Å². The summed E-state index contributed by atoms with van der Waals surface area (Å²) in [5.74, 6) is -3.77. The van der Waals surface area contributed by atoms with Crippen LogP contribution in [0.3, 0.4) is 0 Å². The van der Waals surface area contributed by atoms with Crippen LogP contribution in [-0.2, 0) is 38.1 Å². The molecule has 14 nitrogen and oxygen atoms in total. The van der Waals surface area contributed by atoms with Crippen molar-refractivity contribution in [3.63, 3.8) is 0 Å². The quantitative estimate of drug-likeness (QED) is 0.160. The molecular weight excluding hydrogens is 596 g/mol. The maximum absolute atomic E-state index is 13.1. The van der Waals surface area contributed by atoms with E-state index in [2.05, 4.69) is 10.2 Å². The number of methoxy groups -OCH3 is 1. The van der Waals surface area contributed by atoms with Crippen LogP contribution >= 0.6 is 12.2 Å². The molecule has 0 saturated carbocycles. The summed E-state index contributed by atoms with van der Waals surface area (Å²) in [5, 5.41) is 19.1. The number of aromatic hydroxyl groups is 1. The highest BCUT2D eigenvalue weighted by Crippen LogP contribution is 2.38. The van der Waals surface area contributed by atoms with Gasteiger partial charge in [0.05, 0.1) is 13.3 Å². The van der Waals surface area contributed by atoms with Gasteiger partial charge in [-0.2, -0.15) is 9.78 Å². The maximum Gasteiger partial charge on any atom is 0.305 e. The highest BCUT2D eigenvalue weighted by Gasteiger charge is 2.54. The second-order valence-electron chi connectivity index (χ2n) is 9.69.